The van der Waals surface area contributed by atoms with Crippen molar-refractivity contribution in [3.05, 3.63) is 35.7 Å². The van der Waals surface area contributed by atoms with Crippen LogP contribution in [0, 0.1) is 5.41 Å². The monoisotopic (exact) mass is 424 g/mol. The summed E-state index contributed by atoms with van der Waals surface area (Å²) >= 11 is 0. The van der Waals surface area contributed by atoms with E-state index in [4.69, 9.17) is 4.74 Å². The van der Waals surface area contributed by atoms with Crippen LogP contribution in [0.4, 0.5) is 0 Å². The molecule has 5 rings (SSSR count). The first kappa shape index (κ1) is 19.7. The predicted molar refractivity (Wildman–Crippen MR) is 106 cm³/mol. The van der Waals surface area contributed by atoms with Crippen LogP contribution in [0.2, 0.25) is 0 Å². The Morgan fingerprint density at radius 2 is 2.03 bits per heavy atom. The van der Waals surface area contributed by atoms with E-state index in [1.54, 1.807) is 24.2 Å². The molecule has 2 aromatic rings. The molecule has 0 unspecified atom stereocenters. The average Bonchev–Trinajstić information content (AvgIpc) is 3.51. The van der Waals surface area contributed by atoms with Crippen molar-refractivity contribution >= 4 is 11.9 Å². The van der Waals surface area contributed by atoms with Gasteiger partial charge in [-0.05, 0) is 49.5 Å². The van der Waals surface area contributed by atoms with Crippen molar-refractivity contribution in [1.29, 1.82) is 0 Å². The van der Waals surface area contributed by atoms with Crippen molar-refractivity contribution in [2.75, 3.05) is 13.2 Å². The number of amides is 1. The summed E-state index contributed by atoms with van der Waals surface area (Å²) in [6.45, 7) is 3.24. The molecule has 3 aliphatic rings. The Hall–Kier alpha value is -3.21. The standard InChI is InChI=1S/C20H24N8O3/c1-13-16(11-31-18(13)29)27-7-6-20(19(27)30)4-2-14(3-5-20)21-8-15-9-23-17(10-22-15)28-12-24-25-26-28/h9-10,12,14,21H,2-8,11H2,1H3. The number of ether oxygens (including phenoxy) is 1. The van der Waals surface area contributed by atoms with Gasteiger partial charge in [0.1, 0.15) is 12.9 Å². The summed E-state index contributed by atoms with van der Waals surface area (Å²) in [7, 11) is 0. The van der Waals surface area contributed by atoms with Gasteiger partial charge >= 0.3 is 5.97 Å². The number of rotatable bonds is 5. The number of hydrogen-bond acceptors (Lipinski definition) is 9. The molecule has 1 spiro atoms. The van der Waals surface area contributed by atoms with E-state index in [0.29, 0.717) is 30.5 Å². The number of hydrogen-bond donors (Lipinski definition) is 1. The predicted octanol–water partition coefficient (Wildman–Crippen LogP) is 0.534. The molecule has 0 radical (unpaired) electrons. The summed E-state index contributed by atoms with van der Waals surface area (Å²) < 4.78 is 6.55. The maximum atomic E-state index is 13.2. The van der Waals surface area contributed by atoms with Gasteiger partial charge in [-0.1, -0.05) is 0 Å². The van der Waals surface area contributed by atoms with E-state index >= 15 is 0 Å². The van der Waals surface area contributed by atoms with Crippen LogP contribution in [0.25, 0.3) is 5.82 Å². The number of esters is 1. The summed E-state index contributed by atoms with van der Waals surface area (Å²) in [5.74, 6) is 0.408. The van der Waals surface area contributed by atoms with Crippen LogP contribution in [-0.4, -0.2) is 66.1 Å². The number of likely N-dealkylation sites (tertiary alicyclic amines) is 1. The Kier molecular flexibility index (Phi) is 4.97. The number of nitrogens with zero attached hydrogens (tertiary/aromatic N) is 7. The first-order valence-electron chi connectivity index (χ1n) is 10.5. The lowest BCUT2D eigenvalue weighted by Gasteiger charge is -2.36. The second-order valence-electron chi connectivity index (χ2n) is 8.41. The van der Waals surface area contributed by atoms with Crippen LogP contribution in [0.1, 0.15) is 44.7 Å². The lowest BCUT2D eigenvalue weighted by Crippen LogP contribution is -2.42. The maximum Gasteiger partial charge on any atom is 0.336 e. The van der Waals surface area contributed by atoms with E-state index in [9.17, 15) is 9.59 Å². The normalized spacial score (nSPS) is 26.2. The molecule has 0 atom stereocenters. The van der Waals surface area contributed by atoms with E-state index in [-0.39, 0.29) is 23.9 Å². The third-order valence-electron chi connectivity index (χ3n) is 6.71. The number of aromatic nitrogens is 6. The van der Waals surface area contributed by atoms with Crippen molar-refractivity contribution in [3.8, 4) is 5.82 Å². The fourth-order valence-corrected chi connectivity index (χ4v) is 4.74. The molecule has 4 heterocycles. The Labute approximate surface area is 178 Å². The van der Waals surface area contributed by atoms with Crippen molar-refractivity contribution in [2.45, 2.75) is 51.6 Å². The minimum Gasteiger partial charge on any atom is -0.456 e. The minimum atomic E-state index is -0.314. The Morgan fingerprint density at radius 3 is 2.68 bits per heavy atom. The Balaban J connectivity index is 1.15. The highest BCUT2D eigenvalue weighted by molar-refractivity contribution is 5.94. The molecule has 0 bridgehead atoms. The third-order valence-corrected chi connectivity index (χ3v) is 6.71. The molecule has 1 N–H and O–H groups in total. The second kappa shape index (κ2) is 7.80. The number of carbonyl (C=O) groups is 2. The summed E-state index contributed by atoms with van der Waals surface area (Å²) in [6.07, 6.45) is 9.24. The van der Waals surface area contributed by atoms with E-state index < -0.39 is 0 Å². The van der Waals surface area contributed by atoms with Gasteiger partial charge < -0.3 is 15.0 Å². The summed E-state index contributed by atoms with van der Waals surface area (Å²) in [6, 6.07) is 0.339. The fourth-order valence-electron chi connectivity index (χ4n) is 4.74. The van der Waals surface area contributed by atoms with Crippen LogP contribution in [0.5, 0.6) is 0 Å². The number of nitrogens with one attached hydrogen (secondary N) is 1. The largest absolute Gasteiger partial charge is 0.456 e. The third kappa shape index (κ3) is 3.58. The molecule has 1 saturated heterocycles. The molecule has 1 saturated carbocycles. The molecule has 2 aliphatic heterocycles. The van der Waals surface area contributed by atoms with E-state index in [2.05, 4.69) is 30.8 Å². The molecule has 162 valence electrons. The van der Waals surface area contributed by atoms with Gasteiger partial charge in [-0.3, -0.25) is 9.78 Å². The van der Waals surface area contributed by atoms with Gasteiger partial charge in [-0.25, -0.2) is 9.78 Å². The minimum absolute atomic E-state index is 0.155. The lowest BCUT2D eigenvalue weighted by molar-refractivity contribution is -0.138. The first-order valence-corrected chi connectivity index (χ1v) is 10.5. The van der Waals surface area contributed by atoms with Crippen LogP contribution < -0.4 is 5.32 Å². The van der Waals surface area contributed by atoms with Crippen LogP contribution in [0.15, 0.2) is 30.0 Å². The summed E-state index contributed by atoms with van der Waals surface area (Å²) in [4.78, 5) is 35.4. The molecule has 1 aliphatic carbocycles. The molecular weight excluding hydrogens is 400 g/mol. The zero-order valence-electron chi connectivity index (χ0n) is 17.3. The molecular formula is C20H24N8O3. The highest BCUT2D eigenvalue weighted by Crippen LogP contribution is 2.46. The van der Waals surface area contributed by atoms with Crippen LogP contribution in [0.3, 0.4) is 0 Å². The zero-order chi connectivity index (χ0) is 21.4. The highest BCUT2D eigenvalue weighted by atomic mass is 16.5. The van der Waals surface area contributed by atoms with Crippen LogP contribution >= 0.6 is 0 Å². The molecule has 31 heavy (non-hydrogen) atoms. The summed E-state index contributed by atoms with van der Waals surface area (Å²) in [5, 5.41) is 14.5. The first-order chi connectivity index (χ1) is 15.1. The molecule has 11 heteroatoms. The van der Waals surface area contributed by atoms with Gasteiger partial charge in [-0.2, -0.15) is 4.68 Å². The van der Waals surface area contributed by atoms with Crippen molar-refractivity contribution < 1.29 is 14.3 Å². The highest BCUT2D eigenvalue weighted by Gasteiger charge is 2.50. The number of cyclic esters (lactones) is 1. The van der Waals surface area contributed by atoms with Crippen molar-refractivity contribution in [1.82, 2.24) is 40.4 Å². The molecule has 0 aromatic carbocycles. The van der Waals surface area contributed by atoms with Crippen molar-refractivity contribution in [3.63, 3.8) is 0 Å². The smallest absolute Gasteiger partial charge is 0.336 e. The van der Waals surface area contributed by atoms with Gasteiger partial charge in [0.25, 0.3) is 0 Å². The zero-order valence-corrected chi connectivity index (χ0v) is 17.3. The molecule has 2 fully saturated rings. The average molecular weight is 424 g/mol. The molecule has 11 nitrogen and oxygen atoms in total. The lowest BCUT2D eigenvalue weighted by atomic mass is 9.71. The van der Waals surface area contributed by atoms with Gasteiger partial charge in [0, 0.05) is 19.1 Å². The van der Waals surface area contributed by atoms with E-state index in [1.165, 1.54) is 11.0 Å². The van der Waals surface area contributed by atoms with Gasteiger partial charge in [0.15, 0.2) is 5.82 Å². The fraction of sp³-hybridized carbons (Fsp3) is 0.550. The SMILES string of the molecule is CC1=C(N2CCC3(CCC(NCc4cnc(-n5cnnn5)cn4)CC3)C2=O)COC1=O. The Bertz CT molecular complexity index is 1010. The molecule has 1 amide bonds. The van der Waals surface area contributed by atoms with Gasteiger partial charge in [0.2, 0.25) is 5.91 Å². The number of carbonyl (C=O) groups excluding carboxylic acids is 2. The van der Waals surface area contributed by atoms with Gasteiger partial charge in [-0.15, -0.1) is 5.10 Å². The van der Waals surface area contributed by atoms with E-state index in [0.717, 1.165) is 43.5 Å². The number of tetrazole rings is 1. The molecule has 2 aromatic heterocycles. The van der Waals surface area contributed by atoms with Crippen molar-refractivity contribution in [2.24, 2.45) is 5.41 Å². The van der Waals surface area contributed by atoms with Crippen LogP contribution in [-0.2, 0) is 20.9 Å². The topological polar surface area (TPSA) is 128 Å². The quantitative estimate of drug-likeness (QED) is 0.684. The second-order valence-corrected chi connectivity index (χ2v) is 8.41. The Morgan fingerprint density at radius 1 is 1.19 bits per heavy atom. The summed E-state index contributed by atoms with van der Waals surface area (Å²) in [5.41, 5.74) is 1.85. The van der Waals surface area contributed by atoms with E-state index in [1.807, 2.05) is 0 Å². The van der Waals surface area contributed by atoms with Gasteiger partial charge in [0.05, 0.1) is 34.8 Å². The maximum absolute atomic E-state index is 13.2.